The summed E-state index contributed by atoms with van der Waals surface area (Å²) in [6.07, 6.45) is 3.11. The lowest BCUT2D eigenvalue weighted by Gasteiger charge is -2.01. The normalized spacial score (nSPS) is 12.6. The number of carbonyl (C=O) groups is 1. The minimum absolute atomic E-state index is 0.499. The van der Waals surface area contributed by atoms with E-state index in [0.717, 1.165) is 24.8 Å². The SMILES string of the molecule is CCCCC(C)=C(C)C(=O)O. The van der Waals surface area contributed by atoms with Crippen LogP contribution in [-0.4, -0.2) is 11.1 Å². The van der Waals surface area contributed by atoms with Gasteiger partial charge < -0.3 is 5.11 Å². The van der Waals surface area contributed by atoms with Crippen molar-refractivity contribution in [2.75, 3.05) is 0 Å². The molecule has 11 heavy (non-hydrogen) atoms. The second-order valence-electron chi connectivity index (χ2n) is 2.81. The highest BCUT2D eigenvalue weighted by Crippen LogP contribution is 2.11. The number of hydrogen-bond acceptors (Lipinski definition) is 1. The van der Waals surface area contributed by atoms with E-state index in [0.29, 0.717) is 5.57 Å². The fourth-order valence-corrected chi connectivity index (χ4v) is 0.812. The Balaban J connectivity index is 4.05. The van der Waals surface area contributed by atoms with Gasteiger partial charge in [0.1, 0.15) is 0 Å². The summed E-state index contributed by atoms with van der Waals surface area (Å²) < 4.78 is 0. The summed E-state index contributed by atoms with van der Waals surface area (Å²) in [5.41, 5.74) is 1.50. The molecule has 0 atom stereocenters. The molecule has 2 nitrogen and oxygen atoms in total. The van der Waals surface area contributed by atoms with Gasteiger partial charge >= 0.3 is 5.97 Å². The Hall–Kier alpha value is -0.790. The molecule has 0 radical (unpaired) electrons. The van der Waals surface area contributed by atoms with E-state index in [9.17, 15) is 4.79 Å². The summed E-state index contributed by atoms with van der Waals surface area (Å²) in [6.45, 7) is 5.65. The molecule has 0 aromatic rings. The van der Waals surface area contributed by atoms with E-state index in [1.54, 1.807) is 6.92 Å². The van der Waals surface area contributed by atoms with Gasteiger partial charge in [0.25, 0.3) is 0 Å². The van der Waals surface area contributed by atoms with Gasteiger partial charge in [-0.2, -0.15) is 0 Å². The largest absolute Gasteiger partial charge is 0.478 e. The van der Waals surface area contributed by atoms with Gasteiger partial charge in [0.15, 0.2) is 0 Å². The van der Waals surface area contributed by atoms with E-state index in [1.807, 2.05) is 6.92 Å². The summed E-state index contributed by atoms with van der Waals surface area (Å²) in [6, 6.07) is 0. The van der Waals surface area contributed by atoms with Crippen molar-refractivity contribution in [1.29, 1.82) is 0 Å². The molecule has 0 saturated heterocycles. The smallest absolute Gasteiger partial charge is 0.331 e. The first-order chi connectivity index (χ1) is 5.09. The number of carboxylic acids is 1. The molecule has 0 unspecified atom stereocenters. The average Bonchev–Trinajstić information content (AvgIpc) is 1.98. The van der Waals surface area contributed by atoms with Gasteiger partial charge in [0.2, 0.25) is 0 Å². The molecule has 0 heterocycles. The minimum atomic E-state index is -0.793. The molecule has 1 N–H and O–H groups in total. The zero-order chi connectivity index (χ0) is 8.85. The summed E-state index contributed by atoms with van der Waals surface area (Å²) >= 11 is 0. The molecule has 0 aromatic heterocycles. The van der Waals surface area contributed by atoms with Gasteiger partial charge in [-0.3, -0.25) is 0 Å². The third kappa shape index (κ3) is 3.81. The van der Waals surface area contributed by atoms with Crippen molar-refractivity contribution >= 4 is 5.97 Å². The lowest BCUT2D eigenvalue weighted by atomic mass is 10.1. The molecular formula is C9H16O2. The van der Waals surface area contributed by atoms with E-state index < -0.39 is 5.97 Å². The second-order valence-corrected chi connectivity index (χ2v) is 2.81. The molecule has 0 rings (SSSR count). The molecule has 64 valence electrons. The standard InChI is InChI=1S/C9H16O2/c1-4-5-6-7(2)8(3)9(10)11/h4-6H2,1-3H3,(H,10,11). The lowest BCUT2D eigenvalue weighted by Crippen LogP contribution is -1.99. The van der Waals surface area contributed by atoms with Crippen molar-refractivity contribution < 1.29 is 9.90 Å². The Kier molecular flexibility index (Phi) is 4.59. The van der Waals surface area contributed by atoms with Crippen molar-refractivity contribution in [2.45, 2.75) is 40.0 Å². The maximum absolute atomic E-state index is 10.4. The van der Waals surface area contributed by atoms with Crippen molar-refractivity contribution in [3.8, 4) is 0 Å². The number of aliphatic carboxylic acids is 1. The van der Waals surface area contributed by atoms with Gasteiger partial charge in [-0.25, -0.2) is 4.79 Å². The summed E-state index contributed by atoms with van der Waals surface area (Å²) in [7, 11) is 0. The van der Waals surface area contributed by atoms with Crippen LogP contribution in [0.5, 0.6) is 0 Å². The van der Waals surface area contributed by atoms with Crippen LogP contribution in [0.2, 0.25) is 0 Å². The topological polar surface area (TPSA) is 37.3 Å². The summed E-state index contributed by atoms with van der Waals surface area (Å²) in [4.78, 5) is 10.4. The van der Waals surface area contributed by atoms with Crippen molar-refractivity contribution in [3.63, 3.8) is 0 Å². The predicted molar refractivity (Wildman–Crippen MR) is 45.5 cm³/mol. The molecule has 0 amide bonds. The third-order valence-corrected chi connectivity index (χ3v) is 1.87. The van der Waals surface area contributed by atoms with Crippen LogP contribution in [0.1, 0.15) is 40.0 Å². The summed E-state index contributed by atoms with van der Waals surface area (Å²) in [5.74, 6) is -0.793. The van der Waals surface area contributed by atoms with Crippen molar-refractivity contribution in [2.24, 2.45) is 0 Å². The van der Waals surface area contributed by atoms with E-state index in [1.165, 1.54) is 0 Å². The quantitative estimate of drug-likeness (QED) is 0.635. The van der Waals surface area contributed by atoms with Crippen LogP contribution < -0.4 is 0 Å². The number of allylic oxidation sites excluding steroid dienone is 1. The van der Waals surface area contributed by atoms with Crippen LogP contribution in [0.25, 0.3) is 0 Å². The molecular weight excluding hydrogens is 140 g/mol. The predicted octanol–water partition coefficient (Wildman–Crippen LogP) is 2.60. The molecule has 0 aliphatic rings. The van der Waals surface area contributed by atoms with Gasteiger partial charge in [0, 0.05) is 5.57 Å². The van der Waals surface area contributed by atoms with Gasteiger partial charge in [0.05, 0.1) is 0 Å². The molecule has 2 heteroatoms. The van der Waals surface area contributed by atoms with Crippen LogP contribution in [0.15, 0.2) is 11.1 Å². The lowest BCUT2D eigenvalue weighted by molar-refractivity contribution is -0.132. The first-order valence-electron chi connectivity index (χ1n) is 3.99. The van der Waals surface area contributed by atoms with Crippen LogP contribution >= 0.6 is 0 Å². The maximum atomic E-state index is 10.4. The maximum Gasteiger partial charge on any atom is 0.331 e. The van der Waals surface area contributed by atoms with E-state index in [4.69, 9.17) is 5.11 Å². The van der Waals surface area contributed by atoms with Crippen LogP contribution in [0.3, 0.4) is 0 Å². The fourth-order valence-electron chi connectivity index (χ4n) is 0.812. The second kappa shape index (κ2) is 4.94. The van der Waals surface area contributed by atoms with Crippen molar-refractivity contribution in [1.82, 2.24) is 0 Å². The van der Waals surface area contributed by atoms with E-state index >= 15 is 0 Å². The van der Waals surface area contributed by atoms with Crippen LogP contribution in [0.4, 0.5) is 0 Å². The first kappa shape index (κ1) is 10.2. The average molecular weight is 156 g/mol. The zero-order valence-corrected chi connectivity index (χ0v) is 7.48. The zero-order valence-electron chi connectivity index (χ0n) is 7.48. The number of hydrogen-bond donors (Lipinski definition) is 1. The third-order valence-electron chi connectivity index (χ3n) is 1.87. The number of rotatable bonds is 4. The molecule has 0 aliphatic heterocycles. The number of carboxylic acid groups (broad SMARTS) is 1. The Labute approximate surface area is 67.9 Å². The van der Waals surface area contributed by atoms with Crippen LogP contribution in [0, 0.1) is 0 Å². The molecule has 0 fully saturated rings. The van der Waals surface area contributed by atoms with Crippen molar-refractivity contribution in [3.05, 3.63) is 11.1 Å². The highest BCUT2D eigenvalue weighted by molar-refractivity contribution is 5.86. The van der Waals surface area contributed by atoms with Gasteiger partial charge in [-0.05, 0) is 26.7 Å². The highest BCUT2D eigenvalue weighted by atomic mass is 16.4. The summed E-state index contributed by atoms with van der Waals surface area (Å²) in [5, 5.41) is 8.59. The number of unbranched alkanes of at least 4 members (excludes halogenated alkanes) is 1. The molecule has 0 saturated carbocycles. The van der Waals surface area contributed by atoms with E-state index in [2.05, 4.69) is 6.92 Å². The highest BCUT2D eigenvalue weighted by Gasteiger charge is 2.03. The first-order valence-corrected chi connectivity index (χ1v) is 3.99. The fraction of sp³-hybridized carbons (Fsp3) is 0.667. The monoisotopic (exact) mass is 156 g/mol. The van der Waals surface area contributed by atoms with Gasteiger partial charge in [-0.15, -0.1) is 0 Å². The Morgan fingerprint density at radius 3 is 2.27 bits per heavy atom. The van der Waals surface area contributed by atoms with E-state index in [-0.39, 0.29) is 0 Å². The Morgan fingerprint density at radius 2 is 1.91 bits per heavy atom. The Morgan fingerprint density at radius 1 is 1.36 bits per heavy atom. The Bertz CT molecular complexity index is 168. The molecule has 0 bridgehead atoms. The van der Waals surface area contributed by atoms with Gasteiger partial charge in [-0.1, -0.05) is 18.9 Å². The van der Waals surface area contributed by atoms with Crippen LogP contribution in [-0.2, 0) is 4.79 Å². The minimum Gasteiger partial charge on any atom is -0.478 e. The molecule has 0 spiro atoms. The molecule has 0 aliphatic carbocycles. The molecule has 0 aromatic carbocycles.